The van der Waals surface area contributed by atoms with Gasteiger partial charge >= 0.3 is 24.0 Å². The number of ketones is 1. The van der Waals surface area contributed by atoms with Crippen LogP contribution in [-0.4, -0.2) is 97.3 Å². The van der Waals surface area contributed by atoms with Gasteiger partial charge in [0.1, 0.15) is 35.1 Å². The van der Waals surface area contributed by atoms with Crippen LogP contribution in [0, 0.1) is 16.7 Å². The van der Waals surface area contributed by atoms with E-state index in [4.69, 9.17) is 18.9 Å². The molecule has 2 saturated carbocycles. The van der Waals surface area contributed by atoms with E-state index >= 15 is 0 Å². The number of aliphatic hydroxyl groups is 3. The average molecular weight is 808 g/mol. The molecule has 57 heavy (non-hydrogen) atoms. The largest absolute Gasteiger partial charge is 0.457 e. The number of aliphatic hydroxyl groups excluding tert-OH is 2. The van der Waals surface area contributed by atoms with Crippen LogP contribution in [0.3, 0.4) is 0 Å². The van der Waals surface area contributed by atoms with Gasteiger partial charge in [-0.3, -0.25) is 9.59 Å². The predicted molar refractivity (Wildman–Crippen MR) is 209 cm³/mol. The number of carbonyl (C=O) groups excluding carboxylic acids is 5. The molecule has 13 nitrogen and oxygen atoms in total. The summed E-state index contributed by atoms with van der Waals surface area (Å²) in [4.78, 5) is 68.9. The summed E-state index contributed by atoms with van der Waals surface area (Å²) in [5.74, 6) is -4.12. The van der Waals surface area contributed by atoms with Crippen molar-refractivity contribution in [1.82, 2.24) is 5.32 Å². The zero-order chi connectivity index (χ0) is 41.9. The minimum absolute atomic E-state index is 0.0760. The van der Waals surface area contributed by atoms with Crippen LogP contribution in [0.1, 0.15) is 96.6 Å². The molecule has 4 N–H and O–H groups in total. The first kappa shape index (κ1) is 42.4. The number of benzene rings is 2. The quantitative estimate of drug-likeness (QED) is 0.158. The monoisotopic (exact) mass is 807 g/mol. The van der Waals surface area contributed by atoms with Crippen molar-refractivity contribution in [3.05, 3.63) is 82.9 Å². The van der Waals surface area contributed by atoms with Crippen LogP contribution >= 0.6 is 11.8 Å². The smallest absolute Gasteiger partial charge is 0.408 e. The highest BCUT2D eigenvalue weighted by atomic mass is 32.2. The molecule has 2 aromatic rings. The van der Waals surface area contributed by atoms with Crippen molar-refractivity contribution in [2.45, 2.75) is 127 Å². The molecular weight excluding hydrogens is 755 g/mol. The van der Waals surface area contributed by atoms with E-state index in [0.717, 1.165) is 0 Å². The van der Waals surface area contributed by atoms with Gasteiger partial charge in [-0.2, -0.15) is 11.8 Å². The molecule has 6 rings (SSSR count). The van der Waals surface area contributed by atoms with E-state index in [1.165, 1.54) is 18.7 Å². The first-order chi connectivity index (χ1) is 26.6. The molecule has 1 heterocycles. The molecule has 3 aliphatic carbocycles. The van der Waals surface area contributed by atoms with Crippen LogP contribution in [0.5, 0.6) is 0 Å². The fourth-order valence-corrected chi connectivity index (χ4v) is 11.0. The van der Waals surface area contributed by atoms with Crippen LogP contribution in [-0.2, 0) is 33.3 Å². The number of esters is 3. The zero-order valence-corrected chi connectivity index (χ0v) is 34.4. The third-order valence-electron chi connectivity index (χ3n) is 12.4. The number of rotatable bonds is 8. The van der Waals surface area contributed by atoms with Gasteiger partial charge in [0.15, 0.2) is 11.9 Å². The maximum atomic E-state index is 14.9. The van der Waals surface area contributed by atoms with Gasteiger partial charge in [0.2, 0.25) is 0 Å². The molecule has 2 aromatic carbocycles. The summed E-state index contributed by atoms with van der Waals surface area (Å²) in [5.41, 5.74) is -6.53. The highest BCUT2D eigenvalue weighted by molar-refractivity contribution is 8.01. The maximum Gasteiger partial charge on any atom is 0.408 e. The van der Waals surface area contributed by atoms with Crippen molar-refractivity contribution in [3.63, 3.8) is 0 Å². The van der Waals surface area contributed by atoms with E-state index < -0.39 is 100 Å². The molecule has 1 saturated heterocycles. The van der Waals surface area contributed by atoms with Crippen LogP contribution in [0.25, 0.3) is 0 Å². The summed E-state index contributed by atoms with van der Waals surface area (Å²) >= 11 is 1.54. The van der Waals surface area contributed by atoms with Crippen LogP contribution in [0.15, 0.2) is 71.8 Å². The first-order valence-electron chi connectivity index (χ1n) is 19.2. The molecule has 0 aromatic heterocycles. The Kier molecular flexibility index (Phi) is 11.3. The minimum Gasteiger partial charge on any atom is -0.457 e. The lowest BCUT2D eigenvalue weighted by Gasteiger charge is -2.66. The van der Waals surface area contributed by atoms with Crippen molar-refractivity contribution in [2.24, 2.45) is 16.7 Å². The molecule has 1 aliphatic heterocycles. The number of thioether (sulfide) groups is 1. The lowest BCUT2D eigenvalue weighted by atomic mass is 9.46. The zero-order valence-electron chi connectivity index (χ0n) is 33.6. The van der Waals surface area contributed by atoms with Gasteiger partial charge in [-0.1, -0.05) is 69.3 Å². The lowest BCUT2D eigenvalue weighted by molar-refractivity contribution is -0.247. The van der Waals surface area contributed by atoms with Gasteiger partial charge < -0.3 is 39.6 Å². The highest BCUT2D eigenvalue weighted by Crippen LogP contribution is 2.66. The van der Waals surface area contributed by atoms with Crippen LogP contribution in [0.2, 0.25) is 0 Å². The predicted octanol–water partition coefficient (Wildman–Crippen LogP) is 5.01. The fraction of sp³-hybridized carbons (Fsp3) is 0.558. The molecule has 10 atom stereocenters. The second-order valence-corrected chi connectivity index (χ2v) is 18.7. The molecule has 4 aliphatic rings. The fourth-order valence-electron chi connectivity index (χ4n) is 9.58. The number of fused-ring (bicyclic) bond motifs is 5. The highest BCUT2D eigenvalue weighted by Gasteiger charge is 2.75. The molecule has 308 valence electrons. The van der Waals surface area contributed by atoms with E-state index in [1.807, 2.05) is 0 Å². The number of amides is 1. The summed E-state index contributed by atoms with van der Waals surface area (Å²) in [6.45, 7) is 12.8. The van der Waals surface area contributed by atoms with E-state index in [2.05, 4.69) is 5.32 Å². The van der Waals surface area contributed by atoms with E-state index in [0.29, 0.717) is 12.0 Å². The molecule has 0 spiro atoms. The summed E-state index contributed by atoms with van der Waals surface area (Å²) in [6, 6.07) is 15.1. The first-order valence-corrected chi connectivity index (χ1v) is 20.3. The molecular formula is C43H53NO12S. The van der Waals surface area contributed by atoms with Gasteiger partial charge in [-0.15, -0.1) is 0 Å². The maximum absolute atomic E-state index is 14.9. The number of ether oxygens (including phenoxy) is 4. The number of hydrogen-bond donors (Lipinski definition) is 4. The number of carbonyl (C=O) groups is 5. The molecule has 1 unspecified atom stereocenters. The normalized spacial score (nSPS) is 32.8. The Balaban J connectivity index is 1.47. The van der Waals surface area contributed by atoms with Crippen LogP contribution < -0.4 is 5.32 Å². The van der Waals surface area contributed by atoms with Gasteiger partial charge in [-0.05, 0) is 69.4 Å². The average Bonchev–Trinajstić information content (AvgIpc) is 3.13. The Morgan fingerprint density at radius 1 is 0.965 bits per heavy atom. The van der Waals surface area contributed by atoms with E-state index in [-0.39, 0.29) is 34.1 Å². The third kappa shape index (κ3) is 7.38. The third-order valence-corrected chi connectivity index (χ3v) is 14.1. The molecule has 0 radical (unpaired) electrons. The Bertz CT molecular complexity index is 1950. The standard InChI is InChI=1S/C43H53NO12S/c1-23-27(53-37(50)32(47)30(25-15-11-9-12-16-25)44-38(51)56-39(3,4)5)21-43(52)35(54-36(49)26-17-13-10-14-18-26)33-41(8,34(48)31(46)29(23)40(43,6)7)20-19-28-42(33,22-57-28)55-24(2)45/h9-18,27-28,30-33,35,46-47,52H,19-22H2,1-8H3,(H,44,51)/t27-,28+,30-,31+,32+,33?,35-,41+,42-,43+/m0/s1. The summed E-state index contributed by atoms with van der Waals surface area (Å²) in [5, 5.41) is 39.5. The van der Waals surface area contributed by atoms with Gasteiger partial charge in [0.05, 0.1) is 17.5 Å². The van der Waals surface area contributed by atoms with Crippen molar-refractivity contribution in [2.75, 3.05) is 5.75 Å². The molecule has 3 fully saturated rings. The van der Waals surface area contributed by atoms with E-state index in [9.17, 15) is 39.3 Å². The second-order valence-electron chi connectivity index (χ2n) is 17.5. The molecule has 2 bridgehead atoms. The molecule has 1 amide bonds. The molecule has 14 heteroatoms. The Labute approximate surface area is 336 Å². The van der Waals surface area contributed by atoms with Crippen molar-refractivity contribution >= 4 is 41.5 Å². The minimum atomic E-state index is -2.18. The number of hydrogen-bond acceptors (Lipinski definition) is 13. The summed E-state index contributed by atoms with van der Waals surface area (Å²) in [6.07, 6.45) is -7.32. The van der Waals surface area contributed by atoms with Crippen molar-refractivity contribution < 1.29 is 58.2 Å². The number of Topliss-reactive ketones (excluding diaryl/α,β-unsaturated/α-hetero) is 1. The Morgan fingerprint density at radius 2 is 1.58 bits per heavy atom. The second kappa shape index (κ2) is 15.2. The summed E-state index contributed by atoms with van der Waals surface area (Å²) in [7, 11) is 0. The topological polar surface area (TPSA) is 195 Å². The Hall–Kier alpha value is -4.24. The SMILES string of the molecule is CC(=O)O[C@@]12CS[C@@H]1CC[C@@]1(C)C(=O)[C@H](O)C3=C(C)[C@@H](OC(=O)[C@H](O)[C@@H](NC(=O)OC(C)(C)C)c4ccccc4)C[C@@](O)([C@@H](OC(=O)c4ccccc4)C12)C3(C)C. The van der Waals surface area contributed by atoms with Crippen molar-refractivity contribution in [3.8, 4) is 0 Å². The van der Waals surface area contributed by atoms with Gasteiger partial charge in [-0.25, -0.2) is 14.4 Å². The van der Waals surface area contributed by atoms with E-state index in [1.54, 1.807) is 109 Å². The summed E-state index contributed by atoms with van der Waals surface area (Å²) < 4.78 is 24.0. The lowest BCUT2D eigenvalue weighted by Crippen LogP contribution is -2.77. The van der Waals surface area contributed by atoms with Gasteiger partial charge in [0, 0.05) is 35.2 Å². The number of nitrogens with one attached hydrogen (secondary N) is 1. The van der Waals surface area contributed by atoms with Crippen LogP contribution in [0.4, 0.5) is 4.79 Å². The van der Waals surface area contributed by atoms with Gasteiger partial charge in [0.25, 0.3) is 0 Å². The Morgan fingerprint density at radius 3 is 2.14 bits per heavy atom. The van der Waals surface area contributed by atoms with Crippen molar-refractivity contribution in [1.29, 1.82) is 0 Å². The number of alkyl carbamates (subject to hydrolysis) is 1.